The quantitative estimate of drug-likeness (QED) is 0.457. The smallest absolute Gasteiger partial charge is 0.281 e. The molecule has 2 aromatic heterocycles. The van der Waals surface area contributed by atoms with Crippen molar-refractivity contribution in [1.82, 2.24) is 14.9 Å². The number of pyridine rings is 1. The van der Waals surface area contributed by atoms with Crippen molar-refractivity contribution in [2.45, 2.75) is 31.9 Å². The zero-order valence-corrected chi connectivity index (χ0v) is 18.0. The Kier molecular flexibility index (Phi) is 4.53. The molecule has 33 heavy (non-hydrogen) atoms. The Hall–Kier alpha value is -3.30. The van der Waals surface area contributed by atoms with Crippen LogP contribution < -0.4 is 16.6 Å². The number of aromatic nitrogens is 2. The number of halogens is 2. The maximum absolute atomic E-state index is 14.7. The summed E-state index contributed by atoms with van der Waals surface area (Å²) in [7, 11) is 0. The van der Waals surface area contributed by atoms with Crippen LogP contribution in [0.15, 0.2) is 33.5 Å². The molecule has 2 aliphatic rings. The molecule has 0 bridgehead atoms. The van der Waals surface area contributed by atoms with E-state index in [0.29, 0.717) is 46.7 Å². The molecule has 4 aromatic rings. The van der Waals surface area contributed by atoms with Gasteiger partial charge in [-0.2, -0.15) is 0 Å². The van der Waals surface area contributed by atoms with Gasteiger partial charge in [0.1, 0.15) is 17.7 Å². The first-order valence-electron chi connectivity index (χ1n) is 11.0. The fraction of sp³-hybridized carbons (Fsp3) is 0.333. The Morgan fingerprint density at radius 1 is 1.18 bits per heavy atom. The van der Waals surface area contributed by atoms with Gasteiger partial charge < -0.3 is 24.8 Å². The summed E-state index contributed by atoms with van der Waals surface area (Å²) in [6, 6.07) is 5.61. The molecule has 2 fully saturated rings. The van der Waals surface area contributed by atoms with Crippen molar-refractivity contribution < 1.29 is 17.9 Å². The average Bonchev–Trinajstić information content (AvgIpc) is 3.54. The molecule has 0 spiro atoms. The number of oxazole rings is 1. The van der Waals surface area contributed by atoms with Crippen LogP contribution >= 0.6 is 0 Å². The van der Waals surface area contributed by atoms with Crippen molar-refractivity contribution in [3.05, 3.63) is 57.7 Å². The number of ether oxygens (including phenoxy) is 1. The Labute approximate surface area is 187 Å². The van der Waals surface area contributed by atoms with Crippen molar-refractivity contribution in [2.24, 2.45) is 0 Å². The van der Waals surface area contributed by atoms with Crippen LogP contribution in [0.25, 0.3) is 33.1 Å². The highest BCUT2D eigenvalue weighted by atomic mass is 19.1. The molecule has 1 aliphatic carbocycles. The van der Waals surface area contributed by atoms with E-state index in [2.05, 4.69) is 10.3 Å². The molecule has 1 saturated heterocycles. The molecular formula is C24H22F2N4O3. The fourth-order valence-corrected chi connectivity index (χ4v) is 4.68. The fourth-order valence-electron chi connectivity index (χ4n) is 4.68. The van der Waals surface area contributed by atoms with Crippen molar-refractivity contribution in [3.63, 3.8) is 0 Å². The number of rotatable bonds is 3. The third kappa shape index (κ3) is 3.14. The number of anilines is 1. The number of aryl methyl sites for hydroxylation is 1. The molecule has 170 valence electrons. The zero-order valence-electron chi connectivity index (χ0n) is 18.0. The molecule has 9 heteroatoms. The monoisotopic (exact) mass is 452 g/mol. The van der Waals surface area contributed by atoms with Crippen LogP contribution in [0.4, 0.5) is 14.5 Å². The van der Waals surface area contributed by atoms with Crippen LogP contribution in [0.1, 0.15) is 36.4 Å². The number of nitrogens with zero attached hydrogens (tertiary/aromatic N) is 2. The number of nitrogens with one attached hydrogen (secondary N) is 1. The van der Waals surface area contributed by atoms with Gasteiger partial charge in [0, 0.05) is 36.1 Å². The lowest BCUT2D eigenvalue weighted by Gasteiger charge is -2.20. The van der Waals surface area contributed by atoms with Crippen molar-refractivity contribution in [2.75, 3.05) is 25.4 Å². The molecule has 7 nitrogen and oxygen atoms in total. The van der Waals surface area contributed by atoms with Gasteiger partial charge in [-0.05, 0) is 43.0 Å². The maximum atomic E-state index is 14.7. The molecule has 1 saturated carbocycles. The van der Waals surface area contributed by atoms with E-state index in [1.54, 1.807) is 23.6 Å². The predicted molar refractivity (Wildman–Crippen MR) is 120 cm³/mol. The normalized spacial score (nSPS) is 18.9. The molecule has 3 heterocycles. The van der Waals surface area contributed by atoms with Crippen LogP contribution in [0.2, 0.25) is 0 Å². The van der Waals surface area contributed by atoms with Gasteiger partial charge in [-0.15, -0.1) is 0 Å². The van der Waals surface area contributed by atoms with Gasteiger partial charge in [-0.25, -0.2) is 13.8 Å². The minimum absolute atomic E-state index is 0.0408. The molecule has 1 atom stereocenters. The lowest BCUT2D eigenvalue weighted by Crippen LogP contribution is -2.33. The highest BCUT2D eigenvalue weighted by Crippen LogP contribution is 2.41. The van der Waals surface area contributed by atoms with E-state index >= 15 is 0 Å². The van der Waals surface area contributed by atoms with Crippen LogP contribution in [0.5, 0.6) is 0 Å². The van der Waals surface area contributed by atoms with E-state index in [0.717, 1.165) is 31.5 Å². The van der Waals surface area contributed by atoms with E-state index in [4.69, 9.17) is 14.9 Å². The minimum atomic E-state index is -0.693. The summed E-state index contributed by atoms with van der Waals surface area (Å²) in [4.78, 5) is 18.0. The summed E-state index contributed by atoms with van der Waals surface area (Å²) < 4.78 is 42.5. The molecular weight excluding hydrogens is 430 g/mol. The summed E-state index contributed by atoms with van der Waals surface area (Å²) in [6.07, 6.45) is 1.37. The standard InChI is InChI=1S/C24H22F2N4O3/c1-11-13(15-8-17(26)18(27)9-16(15)25)4-5-14-21(11)30(12-2-3-12)24(31)20-22(14)33-23(29-20)19-10-28-6-7-32-19/h4-5,8-9,12,19,28H,2-3,6-7,10,27H2,1H3. The third-order valence-electron chi connectivity index (χ3n) is 6.47. The number of fused-ring (bicyclic) bond motifs is 3. The SMILES string of the molecule is Cc1c(-c2cc(F)c(N)cc2F)ccc2c3oc(C4CNCCO4)nc3c(=O)n(C3CC3)c12. The summed E-state index contributed by atoms with van der Waals surface area (Å²) in [5.74, 6) is -0.957. The Bertz CT molecular complexity index is 1480. The third-order valence-corrected chi connectivity index (χ3v) is 6.47. The van der Waals surface area contributed by atoms with Gasteiger partial charge in [-0.3, -0.25) is 4.79 Å². The first-order valence-corrected chi connectivity index (χ1v) is 11.0. The van der Waals surface area contributed by atoms with Crippen LogP contribution in [0.3, 0.4) is 0 Å². The topological polar surface area (TPSA) is 95.3 Å². The molecule has 0 amide bonds. The van der Waals surface area contributed by atoms with E-state index in [1.165, 1.54) is 0 Å². The van der Waals surface area contributed by atoms with E-state index in [-0.39, 0.29) is 34.5 Å². The predicted octanol–water partition coefficient (Wildman–Crippen LogP) is 3.97. The second-order valence-corrected chi connectivity index (χ2v) is 8.69. The van der Waals surface area contributed by atoms with E-state index < -0.39 is 11.6 Å². The number of benzene rings is 2. The summed E-state index contributed by atoms with van der Waals surface area (Å²) >= 11 is 0. The molecule has 1 unspecified atom stereocenters. The van der Waals surface area contributed by atoms with E-state index in [9.17, 15) is 13.6 Å². The first kappa shape index (κ1) is 20.3. The lowest BCUT2D eigenvalue weighted by molar-refractivity contribution is 0.0119. The number of nitrogen functional groups attached to an aromatic ring is 1. The number of hydrogen-bond donors (Lipinski definition) is 2. The second kappa shape index (κ2) is 7.36. The zero-order chi connectivity index (χ0) is 22.9. The first-order chi connectivity index (χ1) is 15.9. The van der Waals surface area contributed by atoms with Crippen molar-refractivity contribution in [1.29, 1.82) is 0 Å². The highest BCUT2D eigenvalue weighted by molar-refractivity contribution is 6.04. The molecule has 0 radical (unpaired) electrons. The van der Waals surface area contributed by atoms with Gasteiger partial charge in [0.15, 0.2) is 11.1 Å². The number of nitrogens with two attached hydrogens (primary N) is 1. The van der Waals surface area contributed by atoms with Gasteiger partial charge >= 0.3 is 0 Å². The number of morpholine rings is 1. The van der Waals surface area contributed by atoms with Crippen LogP contribution in [-0.2, 0) is 4.74 Å². The largest absolute Gasteiger partial charge is 0.437 e. The Morgan fingerprint density at radius 3 is 2.73 bits per heavy atom. The van der Waals surface area contributed by atoms with Gasteiger partial charge in [0.25, 0.3) is 5.56 Å². The number of hydrogen-bond acceptors (Lipinski definition) is 6. The molecule has 2 aromatic carbocycles. The second-order valence-electron chi connectivity index (χ2n) is 8.69. The van der Waals surface area contributed by atoms with E-state index in [1.807, 2.05) is 0 Å². The maximum Gasteiger partial charge on any atom is 0.281 e. The minimum Gasteiger partial charge on any atom is -0.437 e. The van der Waals surface area contributed by atoms with Gasteiger partial charge in [-0.1, -0.05) is 6.07 Å². The Morgan fingerprint density at radius 2 is 2.00 bits per heavy atom. The van der Waals surface area contributed by atoms with Crippen molar-refractivity contribution in [3.8, 4) is 11.1 Å². The summed E-state index contributed by atoms with van der Waals surface area (Å²) in [6.45, 7) is 3.63. The summed E-state index contributed by atoms with van der Waals surface area (Å²) in [5, 5.41) is 3.94. The lowest BCUT2D eigenvalue weighted by atomic mass is 9.96. The molecule has 6 rings (SSSR count). The van der Waals surface area contributed by atoms with Gasteiger partial charge in [0.2, 0.25) is 5.89 Å². The molecule has 1 aliphatic heterocycles. The van der Waals surface area contributed by atoms with Crippen molar-refractivity contribution >= 4 is 27.7 Å². The average molecular weight is 452 g/mol. The highest BCUT2D eigenvalue weighted by Gasteiger charge is 2.31. The Balaban J connectivity index is 1.64. The van der Waals surface area contributed by atoms with Crippen LogP contribution in [-0.4, -0.2) is 29.2 Å². The summed E-state index contributed by atoms with van der Waals surface area (Å²) in [5.41, 5.74) is 7.56. The van der Waals surface area contributed by atoms with Crippen LogP contribution in [0, 0.1) is 18.6 Å². The van der Waals surface area contributed by atoms with Gasteiger partial charge in [0.05, 0.1) is 17.8 Å². The molecule has 3 N–H and O–H groups in total.